The van der Waals surface area contributed by atoms with Crippen LogP contribution in [-0.2, 0) is 19.5 Å². The quantitative estimate of drug-likeness (QED) is 0.754. The summed E-state index contributed by atoms with van der Waals surface area (Å²) in [6.07, 6.45) is 6.44. The molecule has 2 rings (SSSR count). The van der Waals surface area contributed by atoms with Gasteiger partial charge in [-0.25, -0.2) is 9.37 Å². The fraction of sp³-hybridized carbons (Fsp3) is 0.471. The van der Waals surface area contributed by atoms with E-state index in [1.54, 1.807) is 12.3 Å². The molecule has 1 N–H and O–H groups in total. The average Bonchev–Trinajstić information content (AvgIpc) is 2.90. The first-order chi connectivity index (χ1) is 10.2. The van der Waals surface area contributed by atoms with E-state index in [2.05, 4.69) is 28.7 Å². The summed E-state index contributed by atoms with van der Waals surface area (Å²) in [4.78, 5) is 4.36. The van der Waals surface area contributed by atoms with Crippen LogP contribution in [0.25, 0.3) is 0 Å². The van der Waals surface area contributed by atoms with Crippen molar-refractivity contribution in [2.24, 2.45) is 0 Å². The van der Waals surface area contributed by atoms with E-state index >= 15 is 0 Å². The number of hydrogen-bond acceptors (Lipinski definition) is 2. The van der Waals surface area contributed by atoms with E-state index in [-0.39, 0.29) is 5.82 Å². The van der Waals surface area contributed by atoms with Crippen molar-refractivity contribution in [2.75, 3.05) is 6.54 Å². The van der Waals surface area contributed by atoms with Crippen LogP contribution in [0.4, 0.5) is 4.39 Å². The van der Waals surface area contributed by atoms with E-state index in [9.17, 15) is 4.39 Å². The van der Waals surface area contributed by atoms with Crippen molar-refractivity contribution in [2.45, 2.75) is 46.2 Å². The highest BCUT2D eigenvalue weighted by Gasteiger charge is 2.09. The Labute approximate surface area is 126 Å². The summed E-state index contributed by atoms with van der Waals surface area (Å²) in [5.74, 6) is 0.773. The lowest BCUT2D eigenvalue weighted by Crippen LogP contribution is -2.14. The van der Waals surface area contributed by atoms with Gasteiger partial charge in [0.15, 0.2) is 0 Å². The largest absolute Gasteiger partial charge is 0.335 e. The number of halogens is 1. The predicted octanol–water partition coefficient (Wildman–Crippen LogP) is 3.52. The van der Waals surface area contributed by atoms with Crippen molar-refractivity contribution >= 4 is 0 Å². The van der Waals surface area contributed by atoms with Gasteiger partial charge in [0.05, 0.1) is 0 Å². The van der Waals surface area contributed by atoms with Gasteiger partial charge in [0.2, 0.25) is 0 Å². The Bertz CT molecular complexity index is 563. The molecule has 4 heteroatoms. The first-order valence-corrected chi connectivity index (χ1v) is 7.72. The lowest BCUT2D eigenvalue weighted by molar-refractivity contribution is 0.599. The van der Waals surface area contributed by atoms with Gasteiger partial charge in [0.1, 0.15) is 11.6 Å². The molecular weight excluding hydrogens is 265 g/mol. The molecule has 114 valence electrons. The monoisotopic (exact) mass is 289 g/mol. The second-order valence-electron chi connectivity index (χ2n) is 5.32. The van der Waals surface area contributed by atoms with Crippen LogP contribution in [0, 0.1) is 5.82 Å². The fourth-order valence-corrected chi connectivity index (χ4v) is 2.41. The van der Waals surface area contributed by atoms with Crippen molar-refractivity contribution in [3.05, 3.63) is 53.4 Å². The molecule has 0 bridgehead atoms. The zero-order chi connectivity index (χ0) is 15.1. The summed E-state index contributed by atoms with van der Waals surface area (Å²) < 4.78 is 16.1. The van der Waals surface area contributed by atoms with Crippen LogP contribution in [0.2, 0.25) is 0 Å². The zero-order valence-electron chi connectivity index (χ0n) is 12.9. The molecule has 0 fully saturated rings. The Morgan fingerprint density at radius 1 is 1.24 bits per heavy atom. The summed E-state index contributed by atoms with van der Waals surface area (Å²) >= 11 is 0. The van der Waals surface area contributed by atoms with E-state index in [0.29, 0.717) is 12.0 Å². The van der Waals surface area contributed by atoms with Crippen molar-refractivity contribution in [3.63, 3.8) is 0 Å². The number of hydrogen-bond donors (Lipinski definition) is 1. The molecular formula is C17H24FN3. The predicted molar refractivity (Wildman–Crippen MR) is 83.7 cm³/mol. The van der Waals surface area contributed by atoms with Crippen molar-refractivity contribution in [1.82, 2.24) is 14.9 Å². The van der Waals surface area contributed by atoms with Gasteiger partial charge in [-0.1, -0.05) is 26.0 Å². The molecule has 0 saturated heterocycles. The molecule has 0 amide bonds. The third-order valence-corrected chi connectivity index (χ3v) is 3.48. The van der Waals surface area contributed by atoms with Gasteiger partial charge in [-0.3, -0.25) is 0 Å². The molecule has 0 atom stereocenters. The van der Waals surface area contributed by atoms with Crippen LogP contribution >= 0.6 is 0 Å². The number of aromatic nitrogens is 2. The third-order valence-electron chi connectivity index (χ3n) is 3.48. The molecule has 0 aliphatic heterocycles. The maximum absolute atomic E-state index is 14.0. The molecule has 0 radical (unpaired) electrons. The molecule has 3 nitrogen and oxygen atoms in total. The normalized spacial score (nSPS) is 11.0. The van der Waals surface area contributed by atoms with Gasteiger partial charge >= 0.3 is 0 Å². The van der Waals surface area contributed by atoms with E-state index in [4.69, 9.17) is 0 Å². The molecule has 1 aromatic carbocycles. The number of aryl methyl sites for hydroxylation is 1. The summed E-state index contributed by atoms with van der Waals surface area (Å²) in [5, 5.41) is 3.35. The van der Waals surface area contributed by atoms with Gasteiger partial charge < -0.3 is 9.88 Å². The van der Waals surface area contributed by atoms with Gasteiger partial charge in [0.25, 0.3) is 0 Å². The summed E-state index contributed by atoms with van der Waals surface area (Å²) in [6, 6.07) is 5.36. The van der Waals surface area contributed by atoms with Gasteiger partial charge in [-0.2, -0.15) is 0 Å². The molecule has 0 unspecified atom stereocenters. The van der Waals surface area contributed by atoms with Crippen LogP contribution in [0.5, 0.6) is 0 Å². The molecule has 1 aromatic heterocycles. The minimum absolute atomic E-state index is 0.153. The van der Waals surface area contributed by atoms with Crippen molar-refractivity contribution in [1.29, 1.82) is 0 Å². The van der Waals surface area contributed by atoms with E-state index < -0.39 is 0 Å². The lowest BCUT2D eigenvalue weighted by atomic mass is 10.1. The Kier molecular flexibility index (Phi) is 5.93. The molecule has 0 spiro atoms. The smallest absolute Gasteiger partial charge is 0.126 e. The lowest BCUT2D eigenvalue weighted by Gasteiger charge is -2.09. The molecule has 0 saturated carbocycles. The number of nitrogens with one attached hydrogen (secondary N) is 1. The van der Waals surface area contributed by atoms with Crippen LogP contribution in [0.15, 0.2) is 30.6 Å². The highest BCUT2D eigenvalue weighted by Crippen LogP contribution is 2.15. The molecule has 1 heterocycles. The second-order valence-corrected chi connectivity index (χ2v) is 5.32. The Morgan fingerprint density at radius 3 is 2.86 bits per heavy atom. The molecule has 0 aliphatic carbocycles. The van der Waals surface area contributed by atoms with Crippen LogP contribution in [-0.4, -0.2) is 16.1 Å². The summed E-state index contributed by atoms with van der Waals surface area (Å²) in [7, 11) is 0. The minimum Gasteiger partial charge on any atom is -0.335 e. The fourth-order valence-electron chi connectivity index (χ4n) is 2.41. The summed E-state index contributed by atoms with van der Waals surface area (Å²) in [6.45, 7) is 6.95. The molecule has 2 aromatic rings. The van der Waals surface area contributed by atoms with Gasteiger partial charge in [-0.15, -0.1) is 0 Å². The Balaban J connectivity index is 2.11. The van der Waals surface area contributed by atoms with Crippen LogP contribution < -0.4 is 5.32 Å². The first kappa shape index (κ1) is 15.7. The standard InChI is InChI=1S/C17H24FN3/c1-3-7-19-13-14-5-6-16(18)15(11-14)12-17-20-8-10-21(17)9-4-2/h5-6,8,10-11,19H,3-4,7,9,12-13H2,1-2H3. The van der Waals surface area contributed by atoms with Crippen LogP contribution in [0.3, 0.4) is 0 Å². The molecule has 21 heavy (non-hydrogen) atoms. The number of imidazole rings is 1. The van der Waals surface area contributed by atoms with E-state index in [0.717, 1.165) is 43.9 Å². The number of benzene rings is 1. The highest BCUT2D eigenvalue weighted by molar-refractivity contribution is 5.27. The summed E-state index contributed by atoms with van der Waals surface area (Å²) in [5.41, 5.74) is 1.84. The van der Waals surface area contributed by atoms with E-state index in [1.807, 2.05) is 18.3 Å². The maximum Gasteiger partial charge on any atom is 0.126 e. The number of nitrogens with zero attached hydrogens (tertiary/aromatic N) is 2. The maximum atomic E-state index is 14.0. The van der Waals surface area contributed by atoms with Crippen molar-refractivity contribution in [3.8, 4) is 0 Å². The third kappa shape index (κ3) is 4.39. The van der Waals surface area contributed by atoms with Gasteiger partial charge in [0, 0.05) is 31.9 Å². The SMILES string of the molecule is CCCNCc1ccc(F)c(Cc2nccn2CCC)c1. The highest BCUT2D eigenvalue weighted by atomic mass is 19.1. The number of rotatable bonds is 8. The van der Waals surface area contributed by atoms with E-state index in [1.165, 1.54) is 0 Å². The van der Waals surface area contributed by atoms with Crippen molar-refractivity contribution < 1.29 is 4.39 Å². The molecule has 0 aliphatic rings. The Hall–Kier alpha value is -1.68. The second kappa shape index (κ2) is 7.93. The Morgan fingerprint density at radius 2 is 2.10 bits per heavy atom. The van der Waals surface area contributed by atoms with Gasteiger partial charge in [-0.05, 0) is 36.6 Å². The zero-order valence-corrected chi connectivity index (χ0v) is 12.9. The topological polar surface area (TPSA) is 29.9 Å². The van der Waals surface area contributed by atoms with Crippen LogP contribution in [0.1, 0.15) is 43.6 Å². The minimum atomic E-state index is -0.153. The average molecular weight is 289 g/mol. The first-order valence-electron chi connectivity index (χ1n) is 7.72.